The second-order valence-electron chi connectivity index (χ2n) is 3.78. The zero-order valence-corrected chi connectivity index (χ0v) is 9.30. The first-order valence-electron chi connectivity index (χ1n) is 5.23. The number of aryl methyl sites for hydroxylation is 1. The van der Waals surface area contributed by atoms with Gasteiger partial charge in [-0.3, -0.25) is 0 Å². The maximum atomic E-state index is 5.88. The lowest BCUT2D eigenvalue weighted by molar-refractivity contribution is 0.174. The van der Waals surface area contributed by atoms with Crippen molar-refractivity contribution in [1.29, 1.82) is 0 Å². The Bertz CT molecular complexity index is 584. The minimum atomic E-state index is 0.263. The number of nitrogens with two attached hydrogens (primary N) is 1. The van der Waals surface area contributed by atoms with Gasteiger partial charge in [0.05, 0.1) is 0 Å². The van der Waals surface area contributed by atoms with Crippen molar-refractivity contribution in [2.75, 3.05) is 12.5 Å². The third-order valence-electron chi connectivity index (χ3n) is 2.62. The van der Waals surface area contributed by atoms with E-state index in [1.54, 1.807) is 13.1 Å². The van der Waals surface area contributed by atoms with E-state index in [0.717, 1.165) is 22.6 Å². The molecule has 1 aliphatic rings. The minimum Gasteiger partial charge on any atom is -0.454 e. The highest BCUT2D eigenvalue weighted by Gasteiger charge is 2.15. The molecule has 0 saturated heterocycles. The smallest absolute Gasteiger partial charge is 0.231 e. The second-order valence-corrected chi connectivity index (χ2v) is 3.78. The topological polar surface area (TPSA) is 70.3 Å². The molecule has 3 rings (SSSR count). The van der Waals surface area contributed by atoms with Crippen LogP contribution in [0.5, 0.6) is 11.5 Å². The standard InChI is InChI=1S/C12H11N3O2/c1-7-14-5-9(12(13)15-7)8-2-3-10-11(4-8)17-6-16-10/h2-5H,6H2,1H3,(H2,13,14,15). The molecule has 1 aliphatic heterocycles. The lowest BCUT2D eigenvalue weighted by Gasteiger charge is -2.06. The summed E-state index contributed by atoms with van der Waals surface area (Å²) in [5, 5.41) is 0. The van der Waals surface area contributed by atoms with Crippen LogP contribution in [-0.2, 0) is 0 Å². The fourth-order valence-electron chi connectivity index (χ4n) is 1.77. The molecule has 0 bridgehead atoms. The summed E-state index contributed by atoms with van der Waals surface area (Å²) in [5.41, 5.74) is 7.60. The van der Waals surface area contributed by atoms with Gasteiger partial charge >= 0.3 is 0 Å². The second kappa shape index (κ2) is 3.62. The molecule has 1 aromatic carbocycles. The van der Waals surface area contributed by atoms with Crippen molar-refractivity contribution in [1.82, 2.24) is 9.97 Å². The van der Waals surface area contributed by atoms with Crippen LogP contribution < -0.4 is 15.2 Å². The molecule has 0 atom stereocenters. The van der Waals surface area contributed by atoms with Crippen LogP contribution in [0.2, 0.25) is 0 Å². The first kappa shape index (κ1) is 9.89. The van der Waals surface area contributed by atoms with E-state index in [9.17, 15) is 0 Å². The van der Waals surface area contributed by atoms with Gasteiger partial charge in [0.2, 0.25) is 6.79 Å². The molecule has 0 amide bonds. The van der Waals surface area contributed by atoms with Gasteiger partial charge in [0.15, 0.2) is 11.5 Å². The maximum absolute atomic E-state index is 5.88. The summed E-state index contributed by atoms with van der Waals surface area (Å²) >= 11 is 0. The molecule has 2 heterocycles. The minimum absolute atomic E-state index is 0.263. The van der Waals surface area contributed by atoms with Gasteiger partial charge in [0.25, 0.3) is 0 Å². The van der Waals surface area contributed by atoms with Crippen molar-refractivity contribution in [2.45, 2.75) is 6.92 Å². The van der Waals surface area contributed by atoms with Gasteiger partial charge in [-0.1, -0.05) is 6.07 Å². The highest BCUT2D eigenvalue weighted by atomic mass is 16.7. The summed E-state index contributed by atoms with van der Waals surface area (Å²) in [6, 6.07) is 5.65. The lowest BCUT2D eigenvalue weighted by Crippen LogP contribution is -1.98. The van der Waals surface area contributed by atoms with Crippen LogP contribution in [0.3, 0.4) is 0 Å². The summed E-state index contributed by atoms with van der Waals surface area (Å²) < 4.78 is 10.6. The van der Waals surface area contributed by atoms with Crippen LogP contribution >= 0.6 is 0 Å². The molecular weight excluding hydrogens is 218 g/mol. The molecule has 0 spiro atoms. The van der Waals surface area contributed by atoms with E-state index in [4.69, 9.17) is 15.2 Å². The van der Waals surface area contributed by atoms with Crippen molar-refractivity contribution in [3.8, 4) is 22.6 Å². The van der Waals surface area contributed by atoms with Crippen LogP contribution in [0, 0.1) is 6.92 Å². The summed E-state index contributed by atoms with van der Waals surface area (Å²) in [6.07, 6.45) is 1.72. The Hall–Kier alpha value is -2.30. The molecule has 1 aromatic heterocycles. The SMILES string of the molecule is Cc1ncc(-c2ccc3c(c2)OCO3)c(N)n1. The molecule has 17 heavy (non-hydrogen) atoms. The molecule has 5 nitrogen and oxygen atoms in total. The van der Waals surface area contributed by atoms with E-state index in [1.165, 1.54) is 0 Å². The van der Waals surface area contributed by atoms with Gasteiger partial charge in [-0.2, -0.15) is 0 Å². The number of ether oxygens (including phenoxy) is 2. The first-order chi connectivity index (χ1) is 8.24. The zero-order valence-electron chi connectivity index (χ0n) is 9.30. The number of aromatic nitrogens is 2. The normalized spacial score (nSPS) is 12.8. The van der Waals surface area contributed by atoms with Crippen molar-refractivity contribution >= 4 is 5.82 Å². The molecule has 0 aliphatic carbocycles. The predicted molar refractivity (Wildman–Crippen MR) is 62.7 cm³/mol. The Morgan fingerprint density at radius 3 is 2.88 bits per heavy atom. The third kappa shape index (κ3) is 1.65. The molecule has 5 heteroatoms. The quantitative estimate of drug-likeness (QED) is 0.806. The Morgan fingerprint density at radius 2 is 2.06 bits per heavy atom. The highest BCUT2D eigenvalue weighted by Crippen LogP contribution is 2.36. The Labute approximate surface area is 98.2 Å². The molecule has 2 N–H and O–H groups in total. The van der Waals surface area contributed by atoms with Crippen LogP contribution in [-0.4, -0.2) is 16.8 Å². The van der Waals surface area contributed by atoms with Crippen molar-refractivity contribution in [2.24, 2.45) is 0 Å². The molecule has 0 saturated carbocycles. The Kier molecular flexibility index (Phi) is 2.11. The van der Waals surface area contributed by atoms with Crippen LogP contribution in [0.25, 0.3) is 11.1 Å². The number of rotatable bonds is 1. The fourth-order valence-corrected chi connectivity index (χ4v) is 1.77. The number of benzene rings is 1. The number of hydrogen-bond donors (Lipinski definition) is 1. The summed E-state index contributed by atoms with van der Waals surface area (Å²) in [6.45, 7) is 2.07. The maximum Gasteiger partial charge on any atom is 0.231 e. The largest absolute Gasteiger partial charge is 0.454 e. The van der Waals surface area contributed by atoms with Crippen molar-refractivity contribution in [3.05, 3.63) is 30.2 Å². The lowest BCUT2D eigenvalue weighted by atomic mass is 10.1. The van der Waals surface area contributed by atoms with Gasteiger partial charge in [0.1, 0.15) is 11.6 Å². The fraction of sp³-hybridized carbons (Fsp3) is 0.167. The first-order valence-corrected chi connectivity index (χ1v) is 5.23. The monoisotopic (exact) mass is 229 g/mol. The summed E-state index contributed by atoms with van der Waals surface area (Å²) in [5.74, 6) is 2.60. The number of nitrogens with zero attached hydrogens (tertiary/aromatic N) is 2. The average molecular weight is 229 g/mol. The van der Waals surface area contributed by atoms with E-state index in [0.29, 0.717) is 11.6 Å². The van der Waals surface area contributed by atoms with E-state index < -0.39 is 0 Å². The molecule has 0 unspecified atom stereocenters. The van der Waals surface area contributed by atoms with Crippen molar-refractivity contribution in [3.63, 3.8) is 0 Å². The number of hydrogen-bond acceptors (Lipinski definition) is 5. The molecular formula is C12H11N3O2. The van der Waals surface area contributed by atoms with E-state index in [-0.39, 0.29) is 6.79 Å². The zero-order chi connectivity index (χ0) is 11.8. The van der Waals surface area contributed by atoms with Gasteiger partial charge in [-0.25, -0.2) is 9.97 Å². The molecule has 86 valence electrons. The van der Waals surface area contributed by atoms with Gasteiger partial charge < -0.3 is 15.2 Å². The third-order valence-corrected chi connectivity index (χ3v) is 2.62. The Morgan fingerprint density at radius 1 is 1.24 bits per heavy atom. The van der Waals surface area contributed by atoms with E-state index in [2.05, 4.69) is 9.97 Å². The number of anilines is 1. The molecule has 0 fully saturated rings. The van der Waals surface area contributed by atoms with Crippen LogP contribution in [0.1, 0.15) is 5.82 Å². The highest BCUT2D eigenvalue weighted by molar-refractivity contribution is 5.75. The van der Waals surface area contributed by atoms with Gasteiger partial charge in [0, 0.05) is 11.8 Å². The van der Waals surface area contributed by atoms with Crippen molar-refractivity contribution < 1.29 is 9.47 Å². The van der Waals surface area contributed by atoms with E-state index >= 15 is 0 Å². The molecule has 2 aromatic rings. The summed E-state index contributed by atoms with van der Waals surface area (Å²) in [7, 11) is 0. The van der Waals surface area contributed by atoms with Gasteiger partial charge in [-0.15, -0.1) is 0 Å². The van der Waals surface area contributed by atoms with E-state index in [1.807, 2.05) is 18.2 Å². The predicted octanol–water partition coefficient (Wildman–Crippen LogP) is 1.76. The number of nitrogen functional groups attached to an aromatic ring is 1. The Balaban J connectivity index is 2.09. The average Bonchev–Trinajstić information content (AvgIpc) is 2.75. The van der Waals surface area contributed by atoms with Gasteiger partial charge in [-0.05, 0) is 24.6 Å². The van der Waals surface area contributed by atoms with Crippen LogP contribution in [0.4, 0.5) is 5.82 Å². The molecule has 0 radical (unpaired) electrons. The van der Waals surface area contributed by atoms with Crippen LogP contribution in [0.15, 0.2) is 24.4 Å². The number of fused-ring (bicyclic) bond motifs is 1. The summed E-state index contributed by atoms with van der Waals surface area (Å²) in [4.78, 5) is 8.28.